The van der Waals surface area contributed by atoms with E-state index >= 15 is 0 Å². The quantitative estimate of drug-likeness (QED) is 0.761. The number of hydrogen-bond donors (Lipinski definition) is 1. The molecule has 5 rings (SSSR count). The fraction of sp³-hybridized carbons (Fsp3) is 0.625. The number of nitrogen functional groups attached to an aromatic ring is 1. The molecule has 4 aliphatic rings. The lowest BCUT2D eigenvalue weighted by Crippen LogP contribution is -2.48. The van der Waals surface area contributed by atoms with Gasteiger partial charge < -0.3 is 5.73 Å². The van der Waals surface area contributed by atoms with Gasteiger partial charge in [-0.2, -0.15) is 0 Å². The van der Waals surface area contributed by atoms with Gasteiger partial charge in [-0.25, -0.2) is 8.78 Å². The second-order valence-corrected chi connectivity index (χ2v) is 7.05. The van der Waals surface area contributed by atoms with Crippen molar-refractivity contribution < 1.29 is 8.78 Å². The van der Waals surface area contributed by atoms with Crippen LogP contribution in [-0.4, -0.2) is 0 Å². The van der Waals surface area contributed by atoms with E-state index in [9.17, 15) is 8.78 Å². The van der Waals surface area contributed by atoms with E-state index in [1.807, 2.05) is 0 Å². The van der Waals surface area contributed by atoms with Crippen molar-refractivity contribution in [3.8, 4) is 0 Å². The third-order valence-electron chi connectivity index (χ3n) is 5.73. The van der Waals surface area contributed by atoms with E-state index in [0.29, 0.717) is 0 Å². The van der Waals surface area contributed by atoms with Crippen LogP contribution in [0.1, 0.15) is 44.1 Å². The lowest BCUT2D eigenvalue weighted by Gasteiger charge is -2.57. The molecule has 0 radical (unpaired) electrons. The van der Waals surface area contributed by atoms with Crippen LogP contribution in [0.4, 0.5) is 14.5 Å². The molecule has 0 aliphatic heterocycles. The molecule has 19 heavy (non-hydrogen) atoms. The Kier molecular flexibility index (Phi) is 2.28. The molecule has 4 aliphatic carbocycles. The van der Waals surface area contributed by atoms with Crippen LogP contribution >= 0.6 is 0 Å². The summed E-state index contributed by atoms with van der Waals surface area (Å²) in [7, 11) is 0. The van der Waals surface area contributed by atoms with Crippen molar-refractivity contribution in [1.82, 2.24) is 0 Å². The van der Waals surface area contributed by atoms with Crippen molar-refractivity contribution in [1.29, 1.82) is 0 Å². The predicted octanol–water partition coefficient (Wildman–Crippen LogP) is 4.01. The zero-order valence-corrected chi connectivity index (χ0v) is 11.0. The third-order valence-corrected chi connectivity index (χ3v) is 5.73. The minimum atomic E-state index is -0.592. The maximum absolute atomic E-state index is 13.8. The van der Waals surface area contributed by atoms with Gasteiger partial charge in [0.1, 0.15) is 17.3 Å². The summed E-state index contributed by atoms with van der Waals surface area (Å²) in [4.78, 5) is 0. The molecule has 2 N–H and O–H groups in total. The topological polar surface area (TPSA) is 26.0 Å². The smallest absolute Gasteiger partial charge is 0.149 e. The second-order valence-electron chi connectivity index (χ2n) is 7.05. The van der Waals surface area contributed by atoms with Crippen molar-refractivity contribution >= 4 is 5.69 Å². The van der Waals surface area contributed by atoms with Crippen molar-refractivity contribution in [2.24, 2.45) is 17.8 Å². The van der Waals surface area contributed by atoms with E-state index in [-0.39, 0.29) is 11.1 Å². The Morgan fingerprint density at radius 2 is 1.32 bits per heavy atom. The van der Waals surface area contributed by atoms with E-state index in [1.54, 1.807) is 0 Å². The standard InChI is InChI=1S/C16H19F2N/c17-13-4-12(5-14(18)15(13)19)16-6-9-1-10(7-16)3-11(2-9)8-16/h4-5,9-11H,1-3,6-8,19H2. The molecule has 0 spiro atoms. The zero-order chi connectivity index (χ0) is 13.2. The summed E-state index contributed by atoms with van der Waals surface area (Å²) in [5.41, 5.74) is 5.94. The fourth-order valence-corrected chi connectivity index (χ4v) is 5.35. The van der Waals surface area contributed by atoms with Crippen molar-refractivity contribution in [3.63, 3.8) is 0 Å². The Hall–Kier alpha value is -1.12. The minimum absolute atomic E-state index is 0.0319. The average Bonchev–Trinajstić information content (AvgIpc) is 2.33. The second kappa shape index (κ2) is 3.71. The van der Waals surface area contributed by atoms with Gasteiger partial charge in [0.25, 0.3) is 0 Å². The van der Waals surface area contributed by atoms with Gasteiger partial charge in [-0.05, 0) is 79.4 Å². The van der Waals surface area contributed by atoms with Crippen LogP contribution in [-0.2, 0) is 5.41 Å². The van der Waals surface area contributed by atoms with Crippen LogP contribution in [0.2, 0.25) is 0 Å². The number of nitrogens with two attached hydrogens (primary N) is 1. The normalized spacial score (nSPS) is 39.8. The molecule has 4 saturated carbocycles. The third kappa shape index (κ3) is 1.63. The number of anilines is 1. The highest BCUT2D eigenvalue weighted by Crippen LogP contribution is 2.60. The maximum atomic E-state index is 13.8. The van der Waals surface area contributed by atoms with Gasteiger partial charge >= 0.3 is 0 Å². The van der Waals surface area contributed by atoms with E-state index in [0.717, 1.165) is 42.6 Å². The predicted molar refractivity (Wildman–Crippen MR) is 70.6 cm³/mol. The van der Waals surface area contributed by atoms with E-state index in [4.69, 9.17) is 5.73 Å². The van der Waals surface area contributed by atoms with Crippen LogP contribution < -0.4 is 5.73 Å². The molecule has 1 aromatic carbocycles. The van der Waals surface area contributed by atoms with E-state index < -0.39 is 11.6 Å². The molecule has 0 saturated heterocycles. The Morgan fingerprint density at radius 1 is 0.895 bits per heavy atom. The summed E-state index contributed by atoms with van der Waals surface area (Å²) >= 11 is 0. The van der Waals surface area contributed by atoms with Gasteiger partial charge in [-0.1, -0.05) is 0 Å². The van der Waals surface area contributed by atoms with Crippen LogP contribution in [0.3, 0.4) is 0 Å². The lowest BCUT2D eigenvalue weighted by molar-refractivity contribution is -0.00543. The van der Waals surface area contributed by atoms with Gasteiger partial charge in [0.05, 0.1) is 0 Å². The Labute approximate surface area is 112 Å². The number of benzene rings is 1. The summed E-state index contributed by atoms with van der Waals surface area (Å²) in [6, 6.07) is 2.98. The molecule has 0 amide bonds. The first-order valence-corrected chi connectivity index (χ1v) is 7.31. The highest BCUT2D eigenvalue weighted by molar-refractivity contribution is 5.45. The molecule has 4 fully saturated rings. The van der Waals surface area contributed by atoms with Crippen molar-refractivity contribution in [2.45, 2.75) is 43.9 Å². The molecule has 0 atom stereocenters. The minimum Gasteiger partial charge on any atom is -0.394 e. The Balaban J connectivity index is 1.79. The molecule has 1 aromatic rings. The summed E-state index contributed by atoms with van der Waals surface area (Å²) in [6.45, 7) is 0. The SMILES string of the molecule is Nc1c(F)cc(C23CC4CC(CC(C4)C2)C3)cc1F. The molecular formula is C16H19F2N. The van der Waals surface area contributed by atoms with Crippen LogP contribution in [0.15, 0.2) is 12.1 Å². The van der Waals surface area contributed by atoms with Gasteiger partial charge in [0, 0.05) is 0 Å². The van der Waals surface area contributed by atoms with Gasteiger partial charge in [0.2, 0.25) is 0 Å². The molecule has 102 valence electrons. The summed E-state index contributed by atoms with van der Waals surface area (Å²) in [5, 5.41) is 0. The fourth-order valence-electron chi connectivity index (χ4n) is 5.35. The summed E-state index contributed by atoms with van der Waals surface area (Å²) in [6.07, 6.45) is 7.34. The number of rotatable bonds is 1. The average molecular weight is 263 g/mol. The van der Waals surface area contributed by atoms with Gasteiger partial charge in [-0.3, -0.25) is 0 Å². The van der Waals surface area contributed by atoms with Crippen LogP contribution in [0, 0.1) is 29.4 Å². The van der Waals surface area contributed by atoms with Gasteiger partial charge in [0.15, 0.2) is 0 Å². The Morgan fingerprint density at radius 3 is 1.74 bits per heavy atom. The first-order valence-electron chi connectivity index (χ1n) is 7.31. The molecule has 4 bridgehead atoms. The summed E-state index contributed by atoms with van der Waals surface area (Å²) in [5.74, 6) is 1.14. The molecule has 1 nitrogen and oxygen atoms in total. The Bertz CT molecular complexity index is 479. The first kappa shape index (κ1) is 11.7. The number of halogens is 2. The largest absolute Gasteiger partial charge is 0.394 e. The molecule has 0 heterocycles. The molecular weight excluding hydrogens is 244 g/mol. The number of hydrogen-bond acceptors (Lipinski definition) is 1. The van der Waals surface area contributed by atoms with Crippen LogP contribution in [0.5, 0.6) is 0 Å². The molecule has 0 aromatic heterocycles. The van der Waals surface area contributed by atoms with Crippen molar-refractivity contribution in [3.05, 3.63) is 29.3 Å². The lowest BCUT2D eigenvalue weighted by atomic mass is 9.48. The maximum Gasteiger partial charge on any atom is 0.149 e. The molecule has 3 heteroatoms. The van der Waals surface area contributed by atoms with Gasteiger partial charge in [-0.15, -0.1) is 0 Å². The van der Waals surface area contributed by atoms with E-state index in [1.165, 1.54) is 31.4 Å². The van der Waals surface area contributed by atoms with E-state index in [2.05, 4.69) is 0 Å². The molecule has 0 unspecified atom stereocenters. The monoisotopic (exact) mass is 263 g/mol. The highest BCUT2D eigenvalue weighted by Gasteiger charge is 2.51. The summed E-state index contributed by atoms with van der Waals surface area (Å²) < 4.78 is 27.5. The van der Waals surface area contributed by atoms with Crippen molar-refractivity contribution in [2.75, 3.05) is 5.73 Å². The highest BCUT2D eigenvalue weighted by atomic mass is 19.1. The zero-order valence-electron chi connectivity index (χ0n) is 11.0. The first-order chi connectivity index (χ1) is 9.06. The van der Waals surface area contributed by atoms with Crippen LogP contribution in [0.25, 0.3) is 0 Å².